The zero-order chi connectivity index (χ0) is 24.7. The quantitative estimate of drug-likeness (QED) is 0.374. The number of rotatable bonds is 7. The van der Waals surface area contributed by atoms with Crippen molar-refractivity contribution >= 4 is 35.0 Å². The van der Waals surface area contributed by atoms with Crippen molar-refractivity contribution in [1.29, 1.82) is 0 Å². The van der Waals surface area contributed by atoms with Gasteiger partial charge in [0, 0.05) is 37.6 Å². The summed E-state index contributed by atoms with van der Waals surface area (Å²) in [5, 5.41) is 7.62. The summed E-state index contributed by atoms with van der Waals surface area (Å²) in [6.07, 6.45) is 8.32. The van der Waals surface area contributed by atoms with E-state index in [1.165, 1.54) is 30.5 Å². The predicted molar refractivity (Wildman–Crippen MR) is 141 cm³/mol. The summed E-state index contributed by atoms with van der Waals surface area (Å²) in [5.41, 5.74) is 7.86. The van der Waals surface area contributed by atoms with Crippen molar-refractivity contribution in [2.75, 3.05) is 59.9 Å². The van der Waals surface area contributed by atoms with Crippen molar-refractivity contribution in [2.24, 2.45) is 5.10 Å². The second-order valence-electron chi connectivity index (χ2n) is 9.04. The highest BCUT2D eigenvalue weighted by molar-refractivity contribution is 5.78. The number of nitrogens with one attached hydrogen (secondary N) is 2. The van der Waals surface area contributed by atoms with Crippen LogP contribution in [0.25, 0.3) is 0 Å². The Labute approximate surface area is 210 Å². The summed E-state index contributed by atoms with van der Waals surface area (Å²) in [7, 11) is 0. The van der Waals surface area contributed by atoms with Crippen LogP contribution in [0.3, 0.4) is 0 Å². The number of pyridine rings is 1. The number of hydrazone groups is 1. The van der Waals surface area contributed by atoms with Crippen LogP contribution in [0.5, 0.6) is 0 Å². The molecule has 4 heterocycles. The molecule has 2 aliphatic heterocycles. The Bertz CT molecular complexity index is 1190. The fourth-order valence-electron chi connectivity index (χ4n) is 4.46. The predicted octanol–water partition coefficient (Wildman–Crippen LogP) is 4.34. The number of benzene rings is 1. The first-order valence-electron chi connectivity index (χ1n) is 12.4. The molecule has 0 saturated carbocycles. The molecular weight excluding hydrogens is 459 g/mol. The topological polar surface area (TPSA) is 90.8 Å². The van der Waals surface area contributed by atoms with Gasteiger partial charge in [0.15, 0.2) is 11.6 Å². The number of hydrogen-bond acceptors (Lipinski definition) is 9. The molecule has 36 heavy (non-hydrogen) atoms. The highest BCUT2D eigenvalue weighted by Crippen LogP contribution is 2.27. The molecule has 0 aliphatic carbocycles. The minimum Gasteiger partial charge on any atom is -0.378 e. The van der Waals surface area contributed by atoms with E-state index in [1.807, 2.05) is 17.0 Å². The molecule has 10 heteroatoms. The maximum atomic E-state index is 14.2. The number of ether oxygens (including phenoxy) is 1. The average molecular weight is 491 g/mol. The molecule has 9 nitrogen and oxygen atoms in total. The SMILES string of the molecule is Cc1cc(Nc2ccc(/C=N/Nc3ncc(F)c(N4CCOCC4)n3)nc2)cc(N2CCCCC2)c1. The second kappa shape index (κ2) is 11.3. The molecule has 0 bridgehead atoms. The second-order valence-corrected chi connectivity index (χ2v) is 9.04. The van der Waals surface area contributed by atoms with Crippen molar-refractivity contribution < 1.29 is 9.13 Å². The van der Waals surface area contributed by atoms with E-state index >= 15 is 0 Å². The number of aryl methyl sites for hydroxylation is 1. The van der Waals surface area contributed by atoms with Gasteiger partial charge in [-0.15, -0.1) is 0 Å². The van der Waals surface area contributed by atoms with Gasteiger partial charge in [0.25, 0.3) is 0 Å². The zero-order valence-electron chi connectivity index (χ0n) is 20.5. The summed E-state index contributed by atoms with van der Waals surface area (Å²) < 4.78 is 19.5. The van der Waals surface area contributed by atoms with Gasteiger partial charge in [-0.1, -0.05) is 0 Å². The Hall–Kier alpha value is -3.79. The number of hydrogen-bond donors (Lipinski definition) is 2. The lowest BCUT2D eigenvalue weighted by Gasteiger charge is -2.29. The molecule has 3 aromatic rings. The molecule has 1 aromatic carbocycles. The smallest absolute Gasteiger partial charge is 0.245 e. The van der Waals surface area contributed by atoms with E-state index in [4.69, 9.17) is 4.74 Å². The Morgan fingerprint density at radius 3 is 2.56 bits per heavy atom. The lowest BCUT2D eigenvalue weighted by Crippen LogP contribution is -2.37. The van der Waals surface area contributed by atoms with Gasteiger partial charge >= 0.3 is 0 Å². The number of morpholine rings is 1. The molecule has 0 spiro atoms. The van der Waals surface area contributed by atoms with E-state index in [1.54, 1.807) is 12.4 Å². The third kappa shape index (κ3) is 6.06. The van der Waals surface area contributed by atoms with E-state index in [2.05, 4.69) is 60.8 Å². The lowest BCUT2D eigenvalue weighted by atomic mass is 10.1. The first kappa shape index (κ1) is 23.9. The van der Waals surface area contributed by atoms with Gasteiger partial charge in [-0.2, -0.15) is 10.1 Å². The number of halogens is 1. The Morgan fingerprint density at radius 2 is 1.78 bits per heavy atom. The van der Waals surface area contributed by atoms with Gasteiger partial charge in [0.05, 0.1) is 43.2 Å². The van der Waals surface area contributed by atoms with Crippen LogP contribution in [0.2, 0.25) is 0 Å². The highest BCUT2D eigenvalue weighted by atomic mass is 19.1. The number of aromatic nitrogens is 3. The van der Waals surface area contributed by atoms with Crippen LogP contribution in [0.4, 0.5) is 33.2 Å². The molecule has 2 aromatic heterocycles. The normalized spacial score (nSPS) is 16.4. The molecule has 0 radical (unpaired) electrons. The van der Waals surface area contributed by atoms with Crippen LogP contribution in [-0.4, -0.2) is 60.6 Å². The summed E-state index contributed by atoms with van der Waals surface area (Å²) in [4.78, 5) is 17.0. The first-order chi connectivity index (χ1) is 17.6. The molecule has 0 amide bonds. The van der Waals surface area contributed by atoms with Crippen molar-refractivity contribution in [3.8, 4) is 0 Å². The van der Waals surface area contributed by atoms with Crippen molar-refractivity contribution in [3.63, 3.8) is 0 Å². The van der Waals surface area contributed by atoms with Gasteiger partial charge < -0.3 is 19.9 Å². The standard InChI is InChI=1S/C26H31FN8O/c1-19-13-22(15-23(14-19)34-7-3-2-4-8-34)31-21-6-5-20(28-16-21)17-30-33-26-29-18-24(27)25(32-26)35-9-11-36-12-10-35/h5-6,13-18,31H,2-4,7-12H2,1H3,(H,29,32,33)/b30-17+. The third-order valence-electron chi connectivity index (χ3n) is 6.26. The molecule has 0 unspecified atom stereocenters. The van der Waals surface area contributed by atoms with E-state index in [-0.39, 0.29) is 11.8 Å². The van der Waals surface area contributed by atoms with Gasteiger partial charge in [0.2, 0.25) is 5.95 Å². The summed E-state index contributed by atoms with van der Waals surface area (Å²) in [5.74, 6) is 0.00313. The highest BCUT2D eigenvalue weighted by Gasteiger charge is 2.17. The molecule has 0 atom stereocenters. The molecule has 188 valence electrons. The van der Waals surface area contributed by atoms with E-state index in [0.29, 0.717) is 32.0 Å². The molecule has 2 N–H and O–H groups in total. The van der Waals surface area contributed by atoms with Crippen molar-refractivity contribution in [2.45, 2.75) is 26.2 Å². The van der Waals surface area contributed by atoms with Crippen molar-refractivity contribution in [1.82, 2.24) is 15.0 Å². The van der Waals surface area contributed by atoms with E-state index < -0.39 is 5.82 Å². The Balaban J connectivity index is 1.20. The fraction of sp³-hybridized carbons (Fsp3) is 0.385. The zero-order valence-corrected chi connectivity index (χ0v) is 20.5. The Kier molecular flexibility index (Phi) is 7.51. The van der Waals surface area contributed by atoms with Crippen LogP contribution < -0.4 is 20.5 Å². The van der Waals surface area contributed by atoms with Crippen LogP contribution in [0.1, 0.15) is 30.5 Å². The average Bonchev–Trinajstić information content (AvgIpc) is 2.91. The number of nitrogens with zero attached hydrogens (tertiary/aromatic N) is 6. The largest absolute Gasteiger partial charge is 0.378 e. The molecule has 2 aliphatic rings. The first-order valence-corrected chi connectivity index (χ1v) is 12.4. The van der Waals surface area contributed by atoms with Gasteiger partial charge in [-0.25, -0.2) is 14.8 Å². The maximum absolute atomic E-state index is 14.2. The number of anilines is 5. The third-order valence-corrected chi connectivity index (χ3v) is 6.26. The molecule has 2 fully saturated rings. The van der Waals surface area contributed by atoms with Crippen LogP contribution in [0.15, 0.2) is 47.8 Å². The Morgan fingerprint density at radius 1 is 0.944 bits per heavy atom. The monoisotopic (exact) mass is 490 g/mol. The summed E-state index contributed by atoms with van der Waals surface area (Å²) in [6, 6.07) is 10.4. The minimum atomic E-state index is -0.465. The van der Waals surface area contributed by atoms with Gasteiger partial charge in [0.1, 0.15) is 0 Å². The summed E-state index contributed by atoms with van der Waals surface area (Å²) >= 11 is 0. The van der Waals surface area contributed by atoms with Crippen LogP contribution in [0, 0.1) is 12.7 Å². The summed E-state index contributed by atoms with van der Waals surface area (Å²) in [6.45, 7) is 6.62. The number of piperidine rings is 1. The maximum Gasteiger partial charge on any atom is 0.245 e. The van der Waals surface area contributed by atoms with E-state index in [9.17, 15) is 4.39 Å². The van der Waals surface area contributed by atoms with Crippen LogP contribution in [-0.2, 0) is 4.74 Å². The minimum absolute atomic E-state index is 0.219. The lowest BCUT2D eigenvalue weighted by molar-refractivity contribution is 0.122. The van der Waals surface area contributed by atoms with Crippen LogP contribution >= 0.6 is 0 Å². The van der Waals surface area contributed by atoms with E-state index in [0.717, 1.165) is 30.7 Å². The van der Waals surface area contributed by atoms with Gasteiger partial charge in [-0.3, -0.25) is 4.98 Å². The molecular formula is C26H31FN8O. The van der Waals surface area contributed by atoms with Gasteiger partial charge in [-0.05, 0) is 62.1 Å². The molecule has 2 saturated heterocycles. The fourth-order valence-corrected chi connectivity index (χ4v) is 4.46. The molecule has 5 rings (SSSR count). The van der Waals surface area contributed by atoms with Crippen molar-refractivity contribution in [3.05, 3.63) is 59.8 Å².